The molecule has 0 spiro atoms. The number of hydrogen-bond acceptors (Lipinski definition) is 4. The third-order valence-corrected chi connectivity index (χ3v) is 5.91. The highest BCUT2D eigenvalue weighted by Crippen LogP contribution is 2.37. The van der Waals surface area contributed by atoms with E-state index in [-0.39, 0.29) is 11.2 Å². The Labute approximate surface area is 181 Å². The van der Waals surface area contributed by atoms with Crippen LogP contribution in [0.3, 0.4) is 0 Å². The summed E-state index contributed by atoms with van der Waals surface area (Å²) >= 11 is 0. The van der Waals surface area contributed by atoms with Crippen molar-refractivity contribution in [2.75, 3.05) is 7.11 Å². The number of rotatable bonds is 4. The van der Waals surface area contributed by atoms with Crippen LogP contribution in [0.2, 0.25) is 0 Å². The van der Waals surface area contributed by atoms with Gasteiger partial charge in [0.1, 0.15) is 5.75 Å². The Hall–Kier alpha value is -2.50. The number of benzene rings is 2. The fourth-order valence-corrected chi connectivity index (χ4v) is 3.39. The zero-order valence-corrected chi connectivity index (χ0v) is 19.3. The SMILES string of the molecule is C/C=C(/N)c1ccc(-c2cc(B3OC(C)(C)C(C)(C)O3)ccc2OC)cc1C.C=C. The van der Waals surface area contributed by atoms with E-state index in [9.17, 15) is 0 Å². The summed E-state index contributed by atoms with van der Waals surface area (Å²) in [7, 11) is 1.28. The quantitative estimate of drug-likeness (QED) is 0.567. The Balaban J connectivity index is 0.00000155. The summed E-state index contributed by atoms with van der Waals surface area (Å²) in [6.07, 6.45) is 1.92. The van der Waals surface area contributed by atoms with Crippen LogP contribution in [-0.4, -0.2) is 25.4 Å². The topological polar surface area (TPSA) is 53.7 Å². The molecule has 0 bridgehead atoms. The van der Waals surface area contributed by atoms with Crippen LogP contribution in [0.15, 0.2) is 55.6 Å². The Kier molecular flexibility index (Phi) is 7.22. The molecule has 0 aliphatic carbocycles. The smallest absolute Gasteiger partial charge is 0.494 e. The van der Waals surface area contributed by atoms with E-state index in [1.165, 1.54) is 0 Å². The van der Waals surface area contributed by atoms with Crippen LogP contribution in [0.4, 0.5) is 0 Å². The molecular formula is C25H34BNO3. The maximum atomic E-state index is 6.22. The highest BCUT2D eigenvalue weighted by Gasteiger charge is 2.51. The Bertz CT molecular complexity index is 918. The fraction of sp³-hybridized carbons (Fsp3) is 0.360. The summed E-state index contributed by atoms with van der Waals surface area (Å²) in [5.74, 6) is 0.812. The second-order valence-electron chi connectivity index (χ2n) is 8.32. The largest absolute Gasteiger partial charge is 0.496 e. The number of aryl methyl sites for hydroxylation is 1. The second kappa shape index (κ2) is 9.11. The van der Waals surface area contributed by atoms with Crippen molar-refractivity contribution in [2.45, 2.75) is 52.7 Å². The maximum absolute atomic E-state index is 6.22. The van der Waals surface area contributed by atoms with E-state index < -0.39 is 7.12 Å². The molecule has 5 heteroatoms. The lowest BCUT2D eigenvalue weighted by atomic mass is 9.77. The van der Waals surface area contributed by atoms with Gasteiger partial charge in [-0.3, -0.25) is 0 Å². The number of ether oxygens (including phenoxy) is 1. The number of hydrogen-bond donors (Lipinski definition) is 1. The first-order valence-electron chi connectivity index (χ1n) is 10.2. The number of nitrogens with two attached hydrogens (primary N) is 1. The minimum Gasteiger partial charge on any atom is -0.496 e. The van der Waals surface area contributed by atoms with Crippen LogP contribution >= 0.6 is 0 Å². The van der Waals surface area contributed by atoms with Gasteiger partial charge in [0.2, 0.25) is 0 Å². The van der Waals surface area contributed by atoms with Crippen LogP contribution in [0.1, 0.15) is 45.7 Å². The Morgan fingerprint density at radius 3 is 2.13 bits per heavy atom. The molecule has 0 radical (unpaired) electrons. The second-order valence-corrected chi connectivity index (χ2v) is 8.32. The van der Waals surface area contributed by atoms with Crippen LogP contribution in [0, 0.1) is 6.92 Å². The standard InChI is InChI=1S/C23H30BNO3.C2H4/c1-8-20(25)18-11-9-16(13-15(18)2)19-14-17(10-12-21(19)26-7)24-27-22(3,4)23(5,6)28-24;1-2/h8-14H,25H2,1-7H3;1-2H2/b20-8+;. The highest BCUT2D eigenvalue weighted by molar-refractivity contribution is 6.62. The molecule has 1 aliphatic heterocycles. The first-order valence-corrected chi connectivity index (χ1v) is 10.2. The third-order valence-electron chi connectivity index (χ3n) is 5.91. The van der Waals surface area contributed by atoms with Crippen molar-refractivity contribution in [1.82, 2.24) is 0 Å². The molecule has 0 unspecified atom stereocenters. The lowest BCUT2D eigenvalue weighted by molar-refractivity contribution is 0.00578. The van der Waals surface area contributed by atoms with E-state index in [4.69, 9.17) is 19.8 Å². The highest BCUT2D eigenvalue weighted by atomic mass is 16.7. The van der Waals surface area contributed by atoms with E-state index in [1.54, 1.807) is 7.11 Å². The molecule has 1 heterocycles. The van der Waals surface area contributed by atoms with Gasteiger partial charge in [0, 0.05) is 11.3 Å². The van der Waals surface area contributed by atoms with Gasteiger partial charge in [-0.25, -0.2) is 0 Å². The molecule has 2 aromatic carbocycles. The van der Waals surface area contributed by atoms with Gasteiger partial charge in [-0.2, -0.15) is 0 Å². The van der Waals surface area contributed by atoms with Gasteiger partial charge in [0.15, 0.2) is 0 Å². The van der Waals surface area contributed by atoms with Crippen LogP contribution in [0.25, 0.3) is 16.8 Å². The average molecular weight is 407 g/mol. The summed E-state index contributed by atoms with van der Waals surface area (Å²) in [5.41, 5.74) is 11.3. The Morgan fingerprint density at radius 1 is 1.03 bits per heavy atom. The normalized spacial score (nSPS) is 17.3. The van der Waals surface area contributed by atoms with Crippen molar-refractivity contribution >= 4 is 18.3 Å². The first-order chi connectivity index (χ1) is 14.1. The van der Waals surface area contributed by atoms with E-state index in [0.717, 1.165) is 39.2 Å². The first kappa shape index (κ1) is 23.8. The zero-order valence-electron chi connectivity index (χ0n) is 19.3. The molecule has 0 atom stereocenters. The molecule has 1 saturated heterocycles. The Morgan fingerprint density at radius 2 is 1.63 bits per heavy atom. The predicted octanol–water partition coefficient (Wildman–Crippen LogP) is 5.09. The van der Waals surface area contributed by atoms with E-state index in [2.05, 4.69) is 72.0 Å². The molecule has 1 fully saturated rings. The molecule has 0 aromatic heterocycles. The van der Waals surface area contributed by atoms with E-state index >= 15 is 0 Å². The van der Waals surface area contributed by atoms with Crippen LogP contribution < -0.4 is 15.9 Å². The van der Waals surface area contributed by atoms with Crippen molar-refractivity contribution < 1.29 is 14.0 Å². The summed E-state index contributed by atoms with van der Waals surface area (Å²) in [5, 5.41) is 0. The van der Waals surface area contributed by atoms with Gasteiger partial charge >= 0.3 is 7.12 Å². The average Bonchev–Trinajstić information content (AvgIpc) is 2.95. The summed E-state index contributed by atoms with van der Waals surface area (Å²) in [4.78, 5) is 0. The van der Waals surface area contributed by atoms with Crippen molar-refractivity contribution in [3.05, 3.63) is 66.8 Å². The molecule has 0 amide bonds. The molecule has 160 valence electrons. The number of allylic oxidation sites excluding steroid dienone is 1. The zero-order chi connectivity index (χ0) is 22.7. The molecule has 1 aliphatic rings. The van der Waals surface area contributed by atoms with Gasteiger partial charge in [-0.15, -0.1) is 13.2 Å². The minimum atomic E-state index is -0.409. The van der Waals surface area contributed by atoms with Crippen molar-refractivity contribution in [2.24, 2.45) is 5.73 Å². The molecule has 2 aromatic rings. The van der Waals surface area contributed by atoms with Gasteiger partial charge in [0.25, 0.3) is 0 Å². The van der Waals surface area contributed by atoms with Gasteiger partial charge in [-0.05, 0) is 69.8 Å². The monoisotopic (exact) mass is 407 g/mol. The minimum absolute atomic E-state index is 0.375. The van der Waals surface area contributed by atoms with Crippen molar-refractivity contribution in [3.63, 3.8) is 0 Å². The lowest BCUT2D eigenvalue weighted by Gasteiger charge is -2.32. The molecule has 0 saturated carbocycles. The summed E-state index contributed by atoms with van der Waals surface area (Å²) < 4.78 is 18.1. The predicted molar refractivity (Wildman–Crippen MR) is 128 cm³/mol. The number of methoxy groups -OCH3 is 1. The summed E-state index contributed by atoms with van der Waals surface area (Å²) in [6, 6.07) is 12.3. The van der Waals surface area contributed by atoms with Crippen LogP contribution in [0.5, 0.6) is 5.75 Å². The van der Waals surface area contributed by atoms with E-state index in [0.29, 0.717) is 0 Å². The van der Waals surface area contributed by atoms with Gasteiger partial charge in [0.05, 0.1) is 18.3 Å². The summed E-state index contributed by atoms with van der Waals surface area (Å²) in [6.45, 7) is 18.3. The van der Waals surface area contributed by atoms with Crippen LogP contribution in [-0.2, 0) is 9.31 Å². The maximum Gasteiger partial charge on any atom is 0.494 e. The molecular weight excluding hydrogens is 373 g/mol. The van der Waals surface area contributed by atoms with Crippen molar-refractivity contribution in [3.8, 4) is 16.9 Å². The van der Waals surface area contributed by atoms with Crippen molar-refractivity contribution in [1.29, 1.82) is 0 Å². The molecule has 3 rings (SSSR count). The molecule has 2 N–H and O–H groups in total. The van der Waals surface area contributed by atoms with Gasteiger partial charge in [-0.1, -0.05) is 36.4 Å². The van der Waals surface area contributed by atoms with Gasteiger partial charge < -0.3 is 19.8 Å². The third kappa shape index (κ3) is 4.47. The molecule has 30 heavy (non-hydrogen) atoms. The van der Waals surface area contributed by atoms with E-state index in [1.807, 2.05) is 25.1 Å². The lowest BCUT2D eigenvalue weighted by Crippen LogP contribution is -2.41. The fourth-order valence-electron chi connectivity index (χ4n) is 3.39. The molecule has 4 nitrogen and oxygen atoms in total.